The van der Waals surface area contributed by atoms with E-state index in [0.29, 0.717) is 5.56 Å². The zero-order valence-corrected chi connectivity index (χ0v) is 18.1. The van der Waals surface area contributed by atoms with Gasteiger partial charge in [0.2, 0.25) is 12.4 Å². The summed E-state index contributed by atoms with van der Waals surface area (Å²) in [5.74, 6) is -1.39. The van der Waals surface area contributed by atoms with E-state index >= 15 is 0 Å². The highest BCUT2D eigenvalue weighted by Crippen LogP contribution is 2.39. The molecule has 0 saturated carbocycles. The summed E-state index contributed by atoms with van der Waals surface area (Å²) in [5.41, 5.74) is 0.689. The molecule has 3 atom stereocenters. The Morgan fingerprint density at radius 3 is 2.45 bits per heavy atom. The van der Waals surface area contributed by atoms with Gasteiger partial charge >= 0.3 is 18.3 Å². The summed E-state index contributed by atoms with van der Waals surface area (Å²) in [6, 6.07) is 3.21. The van der Waals surface area contributed by atoms with E-state index in [1.807, 2.05) is 0 Å². The molecule has 0 amide bonds. The van der Waals surface area contributed by atoms with Crippen LogP contribution in [0.25, 0.3) is 6.08 Å². The lowest BCUT2D eigenvalue weighted by Gasteiger charge is -2.29. The second kappa shape index (κ2) is 10.4. The number of esters is 1. The Kier molecular flexibility index (Phi) is 8.12. The SMILES string of the molecule is Cc1cc(C)c2c(c1)C=C(C(=O)OC(C)OC(=O)OC(C)CCO[N+](=O)[O-])[C@@H](C(F)(F)F)O2. The Morgan fingerprint density at radius 1 is 1.18 bits per heavy atom. The van der Waals surface area contributed by atoms with E-state index in [4.69, 9.17) is 18.9 Å². The first-order valence-electron chi connectivity index (χ1n) is 9.69. The van der Waals surface area contributed by atoms with Crippen molar-refractivity contribution in [1.82, 2.24) is 0 Å². The molecule has 1 aromatic rings. The monoisotopic (exact) mass is 477 g/mol. The first-order valence-corrected chi connectivity index (χ1v) is 9.69. The Hall–Kier alpha value is -3.51. The molecule has 1 heterocycles. The van der Waals surface area contributed by atoms with Crippen LogP contribution in [0.1, 0.15) is 37.0 Å². The van der Waals surface area contributed by atoms with Gasteiger partial charge in [-0.3, -0.25) is 0 Å². The Labute approximate surface area is 186 Å². The van der Waals surface area contributed by atoms with Crippen LogP contribution in [0.3, 0.4) is 0 Å². The van der Waals surface area contributed by atoms with Crippen LogP contribution in [-0.2, 0) is 23.8 Å². The molecular formula is C20H22F3NO9. The predicted molar refractivity (Wildman–Crippen MR) is 105 cm³/mol. The molecule has 0 radical (unpaired) electrons. The predicted octanol–water partition coefficient (Wildman–Crippen LogP) is 4.04. The fourth-order valence-corrected chi connectivity index (χ4v) is 3.01. The Bertz CT molecular complexity index is 945. The minimum Gasteiger partial charge on any atom is -0.475 e. The quantitative estimate of drug-likeness (QED) is 0.236. The number of rotatable bonds is 8. The zero-order valence-electron chi connectivity index (χ0n) is 18.1. The molecule has 0 aromatic heterocycles. The molecule has 0 fully saturated rings. The van der Waals surface area contributed by atoms with Gasteiger partial charge in [0.25, 0.3) is 5.09 Å². The molecule has 0 saturated heterocycles. The van der Waals surface area contributed by atoms with Crippen LogP contribution in [0, 0.1) is 24.0 Å². The largest absolute Gasteiger partial charge is 0.511 e. The lowest BCUT2D eigenvalue weighted by Crippen LogP contribution is -2.41. The molecule has 2 rings (SSSR count). The van der Waals surface area contributed by atoms with Gasteiger partial charge in [0.15, 0.2) is 0 Å². The van der Waals surface area contributed by atoms with Gasteiger partial charge in [0, 0.05) is 18.9 Å². The second-order valence-electron chi connectivity index (χ2n) is 7.25. The topological polar surface area (TPSA) is 123 Å². The van der Waals surface area contributed by atoms with E-state index in [2.05, 4.69) is 4.84 Å². The molecule has 10 nitrogen and oxygen atoms in total. The van der Waals surface area contributed by atoms with Gasteiger partial charge < -0.3 is 23.8 Å². The molecule has 0 aliphatic carbocycles. The lowest BCUT2D eigenvalue weighted by molar-refractivity contribution is -0.758. The number of benzene rings is 1. The van der Waals surface area contributed by atoms with Crippen LogP contribution in [-0.4, -0.2) is 48.5 Å². The molecule has 33 heavy (non-hydrogen) atoms. The third-order valence-electron chi connectivity index (χ3n) is 4.36. The van der Waals surface area contributed by atoms with E-state index in [9.17, 15) is 32.9 Å². The smallest absolute Gasteiger partial charge is 0.475 e. The van der Waals surface area contributed by atoms with Crippen molar-refractivity contribution in [3.63, 3.8) is 0 Å². The maximum Gasteiger partial charge on any atom is 0.511 e. The highest BCUT2D eigenvalue weighted by Gasteiger charge is 2.49. The fourth-order valence-electron chi connectivity index (χ4n) is 3.01. The maximum absolute atomic E-state index is 13.6. The summed E-state index contributed by atoms with van der Waals surface area (Å²) >= 11 is 0. The molecule has 0 N–H and O–H groups in total. The molecule has 0 bridgehead atoms. The summed E-state index contributed by atoms with van der Waals surface area (Å²) in [6.45, 7) is 5.50. The van der Waals surface area contributed by atoms with E-state index in [1.165, 1.54) is 6.92 Å². The average Bonchev–Trinajstić information content (AvgIpc) is 2.65. The molecule has 2 unspecified atom stereocenters. The van der Waals surface area contributed by atoms with Crippen molar-refractivity contribution in [1.29, 1.82) is 0 Å². The van der Waals surface area contributed by atoms with Gasteiger partial charge in [-0.25, -0.2) is 9.59 Å². The van der Waals surface area contributed by atoms with Gasteiger partial charge in [-0.2, -0.15) is 13.2 Å². The van der Waals surface area contributed by atoms with Crippen molar-refractivity contribution in [2.45, 2.75) is 58.8 Å². The van der Waals surface area contributed by atoms with Crippen molar-refractivity contribution in [2.75, 3.05) is 6.61 Å². The number of carbonyl (C=O) groups is 2. The number of fused-ring (bicyclic) bond motifs is 1. The number of alkyl halides is 3. The van der Waals surface area contributed by atoms with Crippen LogP contribution in [0.2, 0.25) is 0 Å². The van der Waals surface area contributed by atoms with Gasteiger partial charge in [-0.05, 0) is 38.5 Å². The summed E-state index contributed by atoms with van der Waals surface area (Å²) in [6.07, 6.45) is -10.2. The Morgan fingerprint density at radius 2 is 1.85 bits per heavy atom. The number of hydrogen-bond acceptors (Lipinski definition) is 9. The molecular weight excluding hydrogens is 455 g/mol. The number of nitrogens with zero attached hydrogens (tertiary/aromatic N) is 1. The van der Waals surface area contributed by atoms with Gasteiger partial charge in [0.05, 0.1) is 12.2 Å². The lowest BCUT2D eigenvalue weighted by atomic mass is 9.97. The van der Waals surface area contributed by atoms with Crippen molar-refractivity contribution >= 4 is 18.2 Å². The van der Waals surface area contributed by atoms with Gasteiger partial charge in [0.1, 0.15) is 11.9 Å². The van der Waals surface area contributed by atoms with Gasteiger partial charge in [-0.1, -0.05) is 11.6 Å². The number of ether oxygens (including phenoxy) is 4. The summed E-state index contributed by atoms with van der Waals surface area (Å²) in [5, 5.41) is 9.08. The van der Waals surface area contributed by atoms with E-state index in [0.717, 1.165) is 18.6 Å². The van der Waals surface area contributed by atoms with Gasteiger partial charge in [-0.15, -0.1) is 10.1 Å². The highest BCUT2D eigenvalue weighted by atomic mass is 19.4. The van der Waals surface area contributed by atoms with Crippen molar-refractivity contribution in [3.05, 3.63) is 44.5 Å². The Balaban J connectivity index is 2.06. The molecule has 182 valence electrons. The maximum atomic E-state index is 13.6. The number of aryl methyl sites for hydroxylation is 2. The molecule has 13 heteroatoms. The zero-order chi connectivity index (χ0) is 24.9. The van der Waals surface area contributed by atoms with E-state index in [-0.39, 0.29) is 24.3 Å². The molecule has 1 aromatic carbocycles. The van der Waals surface area contributed by atoms with Crippen LogP contribution < -0.4 is 4.74 Å². The minimum atomic E-state index is -4.91. The van der Waals surface area contributed by atoms with E-state index < -0.39 is 47.5 Å². The van der Waals surface area contributed by atoms with Crippen LogP contribution >= 0.6 is 0 Å². The number of halogens is 3. The van der Waals surface area contributed by atoms with Crippen molar-refractivity contribution in [3.8, 4) is 5.75 Å². The van der Waals surface area contributed by atoms with Crippen LogP contribution in [0.4, 0.5) is 18.0 Å². The minimum absolute atomic E-state index is 0.00222. The second-order valence-corrected chi connectivity index (χ2v) is 7.25. The van der Waals surface area contributed by atoms with Crippen LogP contribution in [0.15, 0.2) is 17.7 Å². The molecule has 0 spiro atoms. The molecule has 1 aliphatic rings. The van der Waals surface area contributed by atoms with Crippen molar-refractivity contribution < 1.29 is 51.6 Å². The number of carbonyl (C=O) groups excluding carboxylic acids is 2. The molecule has 1 aliphatic heterocycles. The third-order valence-corrected chi connectivity index (χ3v) is 4.36. The number of hydrogen-bond donors (Lipinski definition) is 0. The summed E-state index contributed by atoms with van der Waals surface area (Å²) in [4.78, 5) is 38.4. The third kappa shape index (κ3) is 7.26. The van der Waals surface area contributed by atoms with E-state index in [1.54, 1.807) is 26.0 Å². The average molecular weight is 477 g/mol. The summed E-state index contributed by atoms with van der Waals surface area (Å²) < 4.78 is 60.1. The highest BCUT2D eigenvalue weighted by molar-refractivity contribution is 5.96. The normalized spacial score (nSPS) is 16.9. The first kappa shape index (κ1) is 25.7. The standard InChI is InChI=1S/C20H22F3NO9/c1-10-7-11(2)16-14(8-10)9-15(17(33-16)20(21,22)23)18(25)31-13(4)32-19(26)30-12(3)5-6-29-24(27)28/h7-9,12-13,17H,5-6H2,1-4H3/t12?,13?,17-/m0/s1. The fraction of sp³-hybridized carbons (Fsp3) is 0.500. The first-order chi connectivity index (χ1) is 15.3. The van der Waals surface area contributed by atoms with Crippen molar-refractivity contribution in [2.24, 2.45) is 0 Å². The van der Waals surface area contributed by atoms with Crippen LogP contribution in [0.5, 0.6) is 5.75 Å². The summed E-state index contributed by atoms with van der Waals surface area (Å²) in [7, 11) is 0.